The predicted molar refractivity (Wildman–Crippen MR) is 64.2 cm³/mol. The number of halogens is 2. The van der Waals surface area contributed by atoms with Gasteiger partial charge in [-0.25, -0.2) is 13.8 Å². The minimum absolute atomic E-state index is 0.507. The summed E-state index contributed by atoms with van der Waals surface area (Å²) in [7, 11) is 0. The van der Waals surface area contributed by atoms with Crippen LogP contribution in [0.15, 0.2) is 18.3 Å². The second-order valence-corrected chi connectivity index (χ2v) is 4.67. The third-order valence-corrected chi connectivity index (χ3v) is 3.31. The molecule has 1 aliphatic rings. The molecule has 1 aromatic rings. The van der Waals surface area contributed by atoms with Crippen molar-refractivity contribution in [2.45, 2.75) is 25.7 Å². The van der Waals surface area contributed by atoms with E-state index in [-0.39, 0.29) is 0 Å². The molecule has 2 N–H and O–H groups in total. The SMILES string of the molecule is CC(F)(F)C1CCN(c2ccc(N)cn2)CC1. The summed E-state index contributed by atoms with van der Waals surface area (Å²) < 4.78 is 26.3. The number of hydrogen-bond donors (Lipinski definition) is 1. The summed E-state index contributed by atoms with van der Waals surface area (Å²) in [6.45, 7) is 2.27. The number of pyridine rings is 1. The van der Waals surface area contributed by atoms with Crippen LogP contribution in [0.3, 0.4) is 0 Å². The second-order valence-electron chi connectivity index (χ2n) is 4.67. The van der Waals surface area contributed by atoms with Crippen molar-refractivity contribution in [2.24, 2.45) is 5.92 Å². The Bertz CT molecular complexity index is 364. The van der Waals surface area contributed by atoms with E-state index in [1.807, 2.05) is 11.0 Å². The van der Waals surface area contributed by atoms with Gasteiger partial charge in [0, 0.05) is 19.0 Å². The van der Waals surface area contributed by atoms with E-state index in [9.17, 15) is 8.78 Å². The molecule has 0 unspecified atom stereocenters. The van der Waals surface area contributed by atoms with Crippen LogP contribution in [0.1, 0.15) is 19.8 Å². The van der Waals surface area contributed by atoms with Crippen LogP contribution in [-0.4, -0.2) is 24.0 Å². The number of nitrogens with zero attached hydrogens (tertiary/aromatic N) is 2. The number of nitrogen functional groups attached to an aromatic ring is 1. The Morgan fingerprint density at radius 1 is 1.35 bits per heavy atom. The molecule has 0 aromatic carbocycles. The van der Waals surface area contributed by atoms with Gasteiger partial charge in [-0.3, -0.25) is 0 Å². The van der Waals surface area contributed by atoms with Crippen LogP contribution in [0.25, 0.3) is 0 Å². The van der Waals surface area contributed by atoms with Crippen molar-refractivity contribution in [3.8, 4) is 0 Å². The fraction of sp³-hybridized carbons (Fsp3) is 0.583. The first-order valence-corrected chi connectivity index (χ1v) is 5.81. The zero-order valence-electron chi connectivity index (χ0n) is 9.87. The Morgan fingerprint density at radius 3 is 2.47 bits per heavy atom. The first kappa shape index (κ1) is 12.1. The van der Waals surface area contributed by atoms with E-state index in [1.54, 1.807) is 12.3 Å². The number of anilines is 2. The molecule has 0 spiro atoms. The summed E-state index contributed by atoms with van der Waals surface area (Å²) in [5.41, 5.74) is 6.17. The molecule has 3 nitrogen and oxygen atoms in total. The van der Waals surface area contributed by atoms with Crippen molar-refractivity contribution in [1.82, 2.24) is 4.98 Å². The maximum atomic E-state index is 13.1. The molecule has 0 aliphatic carbocycles. The van der Waals surface area contributed by atoms with E-state index < -0.39 is 11.8 Å². The summed E-state index contributed by atoms with van der Waals surface area (Å²) in [6.07, 6.45) is 2.61. The Balaban J connectivity index is 1.97. The van der Waals surface area contributed by atoms with Crippen molar-refractivity contribution >= 4 is 11.5 Å². The highest BCUT2D eigenvalue weighted by Crippen LogP contribution is 2.33. The smallest absolute Gasteiger partial charge is 0.248 e. The Labute approximate surface area is 99.6 Å². The van der Waals surface area contributed by atoms with Gasteiger partial charge >= 0.3 is 0 Å². The van der Waals surface area contributed by atoms with E-state index in [0.29, 0.717) is 31.6 Å². The molecule has 2 rings (SSSR count). The summed E-state index contributed by atoms with van der Waals surface area (Å²) in [5.74, 6) is -2.26. The van der Waals surface area contributed by atoms with Gasteiger partial charge in [-0.05, 0) is 31.9 Å². The van der Waals surface area contributed by atoms with Crippen LogP contribution in [-0.2, 0) is 0 Å². The van der Waals surface area contributed by atoms with Gasteiger partial charge in [0.05, 0.1) is 11.9 Å². The van der Waals surface area contributed by atoms with Gasteiger partial charge in [-0.2, -0.15) is 0 Å². The lowest BCUT2D eigenvalue weighted by atomic mass is 9.91. The number of piperidine rings is 1. The molecule has 17 heavy (non-hydrogen) atoms. The van der Waals surface area contributed by atoms with Crippen LogP contribution < -0.4 is 10.6 Å². The van der Waals surface area contributed by atoms with Crippen LogP contribution in [0.4, 0.5) is 20.3 Å². The lowest BCUT2D eigenvalue weighted by molar-refractivity contribution is -0.0482. The van der Waals surface area contributed by atoms with Gasteiger partial charge in [0.25, 0.3) is 0 Å². The van der Waals surface area contributed by atoms with Gasteiger partial charge in [0.1, 0.15) is 5.82 Å². The highest BCUT2D eigenvalue weighted by Gasteiger charge is 2.36. The number of nitrogens with two attached hydrogens (primary N) is 1. The van der Waals surface area contributed by atoms with Gasteiger partial charge in [0.15, 0.2) is 0 Å². The van der Waals surface area contributed by atoms with Crippen molar-refractivity contribution in [1.29, 1.82) is 0 Å². The lowest BCUT2D eigenvalue weighted by Gasteiger charge is -2.35. The maximum absolute atomic E-state index is 13.1. The molecule has 0 bridgehead atoms. The van der Waals surface area contributed by atoms with Crippen molar-refractivity contribution < 1.29 is 8.78 Å². The molecule has 94 valence electrons. The van der Waals surface area contributed by atoms with Crippen LogP contribution in [0, 0.1) is 5.92 Å². The Kier molecular flexibility index (Phi) is 3.17. The van der Waals surface area contributed by atoms with Crippen molar-refractivity contribution in [3.63, 3.8) is 0 Å². The minimum atomic E-state index is -2.57. The summed E-state index contributed by atoms with van der Waals surface area (Å²) in [4.78, 5) is 6.23. The van der Waals surface area contributed by atoms with Gasteiger partial charge in [-0.1, -0.05) is 0 Å². The maximum Gasteiger partial charge on any atom is 0.248 e. The van der Waals surface area contributed by atoms with E-state index in [4.69, 9.17) is 5.73 Å². The molecule has 0 saturated carbocycles. The highest BCUT2D eigenvalue weighted by molar-refractivity contribution is 5.45. The first-order chi connectivity index (χ1) is 7.97. The normalized spacial score (nSPS) is 18.4. The average molecular weight is 241 g/mol. The van der Waals surface area contributed by atoms with Gasteiger partial charge in [0.2, 0.25) is 5.92 Å². The Morgan fingerprint density at radius 2 is 2.00 bits per heavy atom. The highest BCUT2D eigenvalue weighted by atomic mass is 19.3. The predicted octanol–water partition coefficient (Wildman–Crippen LogP) is 2.54. The zero-order chi connectivity index (χ0) is 12.5. The number of rotatable bonds is 2. The molecule has 0 atom stereocenters. The first-order valence-electron chi connectivity index (χ1n) is 5.81. The molecular formula is C12H17F2N3. The third-order valence-electron chi connectivity index (χ3n) is 3.31. The molecule has 0 radical (unpaired) electrons. The molecule has 1 saturated heterocycles. The van der Waals surface area contributed by atoms with E-state index >= 15 is 0 Å². The van der Waals surface area contributed by atoms with Crippen LogP contribution >= 0.6 is 0 Å². The summed E-state index contributed by atoms with van der Waals surface area (Å²) in [6, 6.07) is 3.61. The second kappa shape index (κ2) is 4.47. The van der Waals surface area contributed by atoms with E-state index in [2.05, 4.69) is 4.98 Å². The molecule has 1 fully saturated rings. The zero-order valence-corrected chi connectivity index (χ0v) is 9.87. The third kappa shape index (κ3) is 2.84. The van der Waals surface area contributed by atoms with Gasteiger partial charge < -0.3 is 10.6 Å². The monoisotopic (exact) mass is 241 g/mol. The standard InChI is InChI=1S/C12H17F2N3/c1-12(13,14)9-4-6-17(7-5-9)11-3-2-10(15)8-16-11/h2-3,8-9H,4-7,15H2,1H3. The van der Waals surface area contributed by atoms with Crippen LogP contribution in [0.2, 0.25) is 0 Å². The molecule has 2 heterocycles. The van der Waals surface area contributed by atoms with Crippen LogP contribution in [0.5, 0.6) is 0 Å². The minimum Gasteiger partial charge on any atom is -0.397 e. The molecule has 1 aliphatic heterocycles. The molecule has 1 aromatic heterocycles. The summed E-state index contributed by atoms with van der Waals surface area (Å²) in [5, 5.41) is 0. The largest absolute Gasteiger partial charge is 0.397 e. The average Bonchev–Trinajstić information content (AvgIpc) is 2.29. The van der Waals surface area contributed by atoms with Crippen molar-refractivity contribution in [3.05, 3.63) is 18.3 Å². The van der Waals surface area contributed by atoms with Crippen molar-refractivity contribution in [2.75, 3.05) is 23.7 Å². The fourth-order valence-electron chi connectivity index (χ4n) is 2.20. The number of aromatic nitrogens is 1. The van der Waals surface area contributed by atoms with E-state index in [1.165, 1.54) is 0 Å². The topological polar surface area (TPSA) is 42.1 Å². The lowest BCUT2D eigenvalue weighted by Crippen LogP contribution is -2.39. The molecular weight excluding hydrogens is 224 g/mol. The number of alkyl halides is 2. The Hall–Kier alpha value is -1.39. The number of hydrogen-bond acceptors (Lipinski definition) is 3. The quantitative estimate of drug-likeness (QED) is 0.865. The fourth-order valence-corrected chi connectivity index (χ4v) is 2.20. The molecule has 0 amide bonds. The summed E-state index contributed by atoms with van der Waals surface area (Å²) >= 11 is 0. The van der Waals surface area contributed by atoms with Gasteiger partial charge in [-0.15, -0.1) is 0 Å². The van der Waals surface area contributed by atoms with E-state index in [0.717, 1.165) is 12.7 Å². The molecule has 5 heteroatoms.